The van der Waals surface area contributed by atoms with Gasteiger partial charge in [0, 0.05) is 13.1 Å². The number of amides is 2. The lowest BCUT2D eigenvalue weighted by Crippen LogP contribution is -2.53. The molecule has 0 heterocycles. The van der Waals surface area contributed by atoms with E-state index in [1.807, 2.05) is 25.6 Å². The molecule has 0 rings (SSSR count). The highest BCUT2D eigenvalue weighted by Gasteiger charge is 2.25. The first-order valence-corrected chi connectivity index (χ1v) is 9.06. The Morgan fingerprint density at radius 1 is 1.05 bits per heavy atom. The van der Waals surface area contributed by atoms with Gasteiger partial charge >= 0.3 is 6.03 Å². The van der Waals surface area contributed by atoms with E-state index in [2.05, 4.69) is 22.2 Å². The molecular weight excluding hydrogens is 286 g/mol. The van der Waals surface area contributed by atoms with Gasteiger partial charge in [-0.1, -0.05) is 13.8 Å². The van der Waals surface area contributed by atoms with E-state index in [4.69, 9.17) is 0 Å². The van der Waals surface area contributed by atoms with E-state index in [1.165, 1.54) is 19.1 Å². The van der Waals surface area contributed by atoms with Crippen LogP contribution in [0.25, 0.3) is 0 Å². The minimum Gasteiger partial charge on any atom is -0.337 e. The van der Waals surface area contributed by atoms with Gasteiger partial charge in [-0.25, -0.2) is 4.79 Å². The minimum atomic E-state index is -0.810. The van der Waals surface area contributed by atoms with Crippen molar-refractivity contribution in [3.8, 4) is 0 Å². The molecule has 0 radical (unpaired) electrons. The molecule has 0 spiro atoms. The molecule has 0 aromatic rings. The Bertz CT molecular complexity index is 284. The van der Waals surface area contributed by atoms with Crippen molar-refractivity contribution < 1.29 is 9.59 Å². The van der Waals surface area contributed by atoms with Gasteiger partial charge in [0.2, 0.25) is 0 Å². The molecule has 0 aliphatic heterocycles. The highest BCUT2D eigenvalue weighted by Crippen LogP contribution is 2.02. The topological polar surface area (TPSA) is 70.2 Å². The Hall–Kier alpha value is -0.750. The third-order valence-electron chi connectivity index (χ3n) is 2.85. The van der Waals surface area contributed by atoms with Crippen molar-refractivity contribution in [2.75, 3.05) is 31.6 Å². The Labute approximate surface area is 134 Å². The van der Waals surface area contributed by atoms with Gasteiger partial charge in [-0.15, -0.1) is 0 Å². The van der Waals surface area contributed by atoms with E-state index < -0.39 is 5.54 Å². The Balaban J connectivity index is 0. The fourth-order valence-corrected chi connectivity index (χ4v) is 1.79. The number of urea groups is 1. The summed E-state index contributed by atoms with van der Waals surface area (Å²) in [7, 11) is 0. The molecule has 126 valence electrons. The number of Topliss-reactive ketones (excluding diaryl/α,β-unsaturated/α-hetero) is 1. The molecule has 0 aromatic heterocycles. The van der Waals surface area contributed by atoms with Crippen LogP contribution < -0.4 is 16.0 Å². The van der Waals surface area contributed by atoms with Crippen molar-refractivity contribution in [1.82, 2.24) is 16.0 Å². The van der Waals surface area contributed by atoms with Gasteiger partial charge in [0.25, 0.3) is 0 Å². The summed E-state index contributed by atoms with van der Waals surface area (Å²) in [5.74, 6) is 1.14. The van der Waals surface area contributed by atoms with Crippen LogP contribution >= 0.6 is 11.8 Å². The zero-order valence-corrected chi connectivity index (χ0v) is 15.3. The predicted molar refractivity (Wildman–Crippen MR) is 93.1 cm³/mol. The third-order valence-corrected chi connectivity index (χ3v) is 3.54. The van der Waals surface area contributed by atoms with Crippen LogP contribution in [0, 0.1) is 0 Å². The molecule has 0 aliphatic carbocycles. The molecule has 0 bridgehead atoms. The first-order valence-electron chi connectivity index (χ1n) is 7.67. The summed E-state index contributed by atoms with van der Waals surface area (Å²) in [6.45, 7) is 11.1. The van der Waals surface area contributed by atoms with Crippen molar-refractivity contribution in [1.29, 1.82) is 0 Å². The summed E-state index contributed by atoms with van der Waals surface area (Å²) in [6.07, 6.45) is 4.48. The lowest BCUT2D eigenvalue weighted by atomic mass is 10.0. The number of rotatable bonds is 10. The molecule has 0 saturated carbocycles. The monoisotopic (exact) mass is 319 g/mol. The largest absolute Gasteiger partial charge is 0.337 e. The molecule has 21 heavy (non-hydrogen) atoms. The highest BCUT2D eigenvalue weighted by atomic mass is 32.2. The third kappa shape index (κ3) is 14.0. The number of hydrogen-bond donors (Lipinski definition) is 3. The van der Waals surface area contributed by atoms with Crippen LogP contribution in [-0.4, -0.2) is 49.0 Å². The fourth-order valence-electron chi connectivity index (χ4n) is 1.30. The van der Waals surface area contributed by atoms with Crippen molar-refractivity contribution in [2.24, 2.45) is 0 Å². The summed E-state index contributed by atoms with van der Waals surface area (Å²) >= 11 is 1.86. The number of thioether (sulfide) groups is 1. The highest BCUT2D eigenvalue weighted by molar-refractivity contribution is 7.98. The van der Waals surface area contributed by atoms with Crippen LogP contribution in [0.1, 0.15) is 47.5 Å². The smallest absolute Gasteiger partial charge is 0.315 e. The molecule has 0 aliphatic rings. The molecular formula is C15H33N3O2S. The predicted octanol–water partition coefficient (Wildman–Crippen LogP) is 2.41. The quantitative estimate of drug-likeness (QED) is 0.541. The zero-order valence-electron chi connectivity index (χ0n) is 14.5. The normalized spacial score (nSPS) is 10.4. The van der Waals surface area contributed by atoms with E-state index in [1.54, 1.807) is 13.8 Å². The van der Waals surface area contributed by atoms with Crippen molar-refractivity contribution in [3.05, 3.63) is 0 Å². The number of hydrogen-bond acceptors (Lipinski definition) is 4. The summed E-state index contributed by atoms with van der Waals surface area (Å²) < 4.78 is 0. The molecule has 0 aromatic carbocycles. The van der Waals surface area contributed by atoms with Gasteiger partial charge in [0.1, 0.15) is 0 Å². The number of carbonyl (C=O) groups excluding carboxylic acids is 2. The standard InChI is InChI=1S/C13H27N3O2S.C2H6/c1-11(17)13(2,3)16-12(18)15-9-8-14-7-5-6-10-19-4;1-2/h14H,5-10H2,1-4H3,(H2,15,16,18);1-2H3. The molecule has 6 heteroatoms. The SMILES string of the molecule is CC.CSCCCCNCCNC(=O)NC(C)(C)C(C)=O. The molecule has 2 amide bonds. The molecule has 0 saturated heterocycles. The zero-order chi connectivity index (χ0) is 16.7. The number of ketones is 1. The first-order chi connectivity index (χ1) is 9.90. The molecule has 5 nitrogen and oxygen atoms in total. The minimum absolute atomic E-state index is 0.0606. The number of nitrogens with one attached hydrogen (secondary N) is 3. The molecule has 3 N–H and O–H groups in total. The second kappa shape index (κ2) is 14.2. The number of carbonyl (C=O) groups is 2. The number of unbranched alkanes of at least 4 members (excludes halogenated alkanes) is 1. The fraction of sp³-hybridized carbons (Fsp3) is 0.867. The summed E-state index contributed by atoms with van der Waals surface area (Å²) in [5, 5.41) is 8.64. The van der Waals surface area contributed by atoms with Gasteiger partial charge < -0.3 is 16.0 Å². The average Bonchev–Trinajstić information content (AvgIpc) is 2.43. The second-order valence-corrected chi connectivity index (χ2v) is 6.00. The van der Waals surface area contributed by atoms with E-state index in [9.17, 15) is 9.59 Å². The van der Waals surface area contributed by atoms with Gasteiger partial charge in [0.05, 0.1) is 5.54 Å². The maximum Gasteiger partial charge on any atom is 0.315 e. The Morgan fingerprint density at radius 3 is 2.19 bits per heavy atom. The van der Waals surface area contributed by atoms with E-state index >= 15 is 0 Å². The second-order valence-electron chi connectivity index (χ2n) is 5.01. The molecule has 0 unspecified atom stereocenters. The van der Waals surface area contributed by atoms with Gasteiger partial charge in [-0.2, -0.15) is 11.8 Å². The van der Waals surface area contributed by atoms with Crippen molar-refractivity contribution in [3.63, 3.8) is 0 Å². The van der Waals surface area contributed by atoms with Crippen molar-refractivity contribution >= 4 is 23.6 Å². The van der Waals surface area contributed by atoms with Gasteiger partial charge in [-0.3, -0.25) is 4.79 Å². The van der Waals surface area contributed by atoms with E-state index in [0.717, 1.165) is 19.5 Å². The van der Waals surface area contributed by atoms with Gasteiger partial charge in [-0.05, 0) is 52.2 Å². The maximum atomic E-state index is 11.5. The molecule has 0 atom stereocenters. The average molecular weight is 320 g/mol. The van der Waals surface area contributed by atoms with E-state index in [-0.39, 0.29) is 11.8 Å². The first kappa shape index (κ1) is 22.5. The lowest BCUT2D eigenvalue weighted by Gasteiger charge is -2.23. The Kier molecular flexibility index (Phi) is 15.2. The van der Waals surface area contributed by atoms with E-state index in [0.29, 0.717) is 6.54 Å². The van der Waals surface area contributed by atoms with Crippen LogP contribution in [0.2, 0.25) is 0 Å². The van der Waals surface area contributed by atoms with Crippen LogP contribution in [0.15, 0.2) is 0 Å². The summed E-state index contributed by atoms with van der Waals surface area (Å²) in [4.78, 5) is 22.8. The van der Waals surface area contributed by atoms with Crippen LogP contribution in [0.3, 0.4) is 0 Å². The van der Waals surface area contributed by atoms with Crippen molar-refractivity contribution in [2.45, 2.75) is 53.0 Å². The van der Waals surface area contributed by atoms with Gasteiger partial charge in [0.15, 0.2) is 5.78 Å². The van der Waals surface area contributed by atoms with Crippen LogP contribution in [-0.2, 0) is 4.79 Å². The molecule has 0 fully saturated rings. The lowest BCUT2D eigenvalue weighted by molar-refractivity contribution is -0.121. The van der Waals surface area contributed by atoms with Crippen LogP contribution in [0.5, 0.6) is 0 Å². The summed E-state index contributed by atoms with van der Waals surface area (Å²) in [5.41, 5.74) is -0.810. The maximum absolute atomic E-state index is 11.5. The Morgan fingerprint density at radius 2 is 1.67 bits per heavy atom. The van der Waals surface area contributed by atoms with Crippen LogP contribution in [0.4, 0.5) is 4.79 Å². The summed E-state index contributed by atoms with van der Waals surface area (Å²) in [6, 6.07) is -0.301.